The van der Waals surface area contributed by atoms with Crippen molar-refractivity contribution in [1.82, 2.24) is 0 Å². The van der Waals surface area contributed by atoms with Crippen molar-refractivity contribution in [2.45, 2.75) is 26.1 Å². The molecule has 0 saturated heterocycles. The monoisotopic (exact) mass is 529 g/mol. The van der Waals surface area contributed by atoms with Gasteiger partial charge in [-0.05, 0) is 52.9 Å². The van der Waals surface area contributed by atoms with Crippen LogP contribution in [0.4, 0.5) is 0 Å². The molecule has 0 saturated carbocycles. The van der Waals surface area contributed by atoms with Gasteiger partial charge in [-0.3, -0.25) is 4.99 Å². The summed E-state index contributed by atoms with van der Waals surface area (Å²) in [5.74, 6) is 2.91. The molecule has 196 valence electrons. The number of hydrogen-bond acceptors (Lipinski definition) is 5. The van der Waals surface area contributed by atoms with E-state index in [9.17, 15) is 0 Å². The minimum atomic E-state index is 0. The van der Waals surface area contributed by atoms with Crippen LogP contribution in [0.25, 0.3) is 0 Å². The smallest absolute Gasteiger partial charge is 0.162 e. The first kappa shape index (κ1) is 27.1. The third-order valence-electron chi connectivity index (χ3n) is 6.46. The van der Waals surface area contributed by atoms with E-state index in [-0.39, 0.29) is 12.4 Å². The van der Waals surface area contributed by atoms with Crippen molar-refractivity contribution < 1.29 is 18.9 Å². The Balaban J connectivity index is 0.00000336. The van der Waals surface area contributed by atoms with Crippen LogP contribution in [0.1, 0.15) is 27.8 Å². The highest BCUT2D eigenvalue weighted by Crippen LogP contribution is 2.35. The van der Waals surface area contributed by atoms with E-state index in [1.54, 1.807) is 14.2 Å². The molecule has 4 aromatic carbocycles. The third kappa shape index (κ3) is 6.48. The largest absolute Gasteiger partial charge is 0.493 e. The van der Waals surface area contributed by atoms with Crippen LogP contribution in [0.5, 0.6) is 23.0 Å². The maximum absolute atomic E-state index is 6.19. The number of fused-ring (bicyclic) bond motifs is 1. The molecular weight excluding hydrogens is 498 g/mol. The van der Waals surface area contributed by atoms with Crippen LogP contribution in [0.15, 0.2) is 96.0 Å². The highest BCUT2D eigenvalue weighted by Gasteiger charge is 2.20. The minimum Gasteiger partial charge on any atom is -0.493 e. The van der Waals surface area contributed by atoms with Crippen molar-refractivity contribution in [3.63, 3.8) is 0 Å². The third-order valence-corrected chi connectivity index (χ3v) is 6.46. The van der Waals surface area contributed by atoms with Crippen LogP contribution in [0.2, 0.25) is 0 Å². The number of aliphatic imine (C=N–C) groups is 1. The first-order valence-electron chi connectivity index (χ1n) is 12.5. The van der Waals surface area contributed by atoms with Gasteiger partial charge in [0.2, 0.25) is 0 Å². The van der Waals surface area contributed by atoms with E-state index < -0.39 is 0 Å². The zero-order valence-corrected chi connectivity index (χ0v) is 22.5. The molecule has 0 unspecified atom stereocenters. The van der Waals surface area contributed by atoms with Gasteiger partial charge in [0.25, 0.3) is 0 Å². The molecule has 0 aromatic heterocycles. The number of benzene rings is 4. The molecule has 0 spiro atoms. The molecule has 0 atom stereocenters. The number of methoxy groups -OCH3 is 2. The predicted octanol–water partition coefficient (Wildman–Crippen LogP) is 6.87. The lowest BCUT2D eigenvalue weighted by atomic mass is 9.93. The quantitative estimate of drug-likeness (QED) is 0.225. The van der Waals surface area contributed by atoms with E-state index in [1.165, 1.54) is 5.56 Å². The van der Waals surface area contributed by atoms with Crippen molar-refractivity contribution in [2.24, 2.45) is 4.99 Å². The van der Waals surface area contributed by atoms with Crippen molar-refractivity contribution in [1.29, 1.82) is 0 Å². The van der Waals surface area contributed by atoms with Gasteiger partial charge < -0.3 is 18.9 Å². The Labute approximate surface area is 230 Å². The highest BCUT2D eigenvalue weighted by molar-refractivity contribution is 6.04. The topological polar surface area (TPSA) is 49.3 Å². The van der Waals surface area contributed by atoms with Crippen LogP contribution >= 0.6 is 12.4 Å². The van der Waals surface area contributed by atoms with Crippen LogP contribution in [0.3, 0.4) is 0 Å². The molecule has 0 N–H and O–H groups in total. The van der Waals surface area contributed by atoms with Crippen molar-refractivity contribution >= 4 is 18.1 Å². The second-order valence-corrected chi connectivity index (χ2v) is 8.95. The van der Waals surface area contributed by atoms with E-state index >= 15 is 0 Å². The fourth-order valence-electron chi connectivity index (χ4n) is 4.51. The lowest BCUT2D eigenvalue weighted by Gasteiger charge is -2.21. The maximum Gasteiger partial charge on any atom is 0.162 e. The molecule has 1 heterocycles. The summed E-state index contributed by atoms with van der Waals surface area (Å²) in [4.78, 5) is 4.90. The van der Waals surface area contributed by atoms with Crippen LogP contribution in [-0.2, 0) is 26.1 Å². The number of halogens is 1. The maximum atomic E-state index is 6.19. The number of hydrogen-bond donors (Lipinski definition) is 0. The van der Waals surface area contributed by atoms with Crippen molar-refractivity contribution in [2.75, 3.05) is 20.8 Å². The predicted molar refractivity (Wildman–Crippen MR) is 154 cm³/mol. The molecule has 0 bridgehead atoms. The van der Waals surface area contributed by atoms with Gasteiger partial charge in [0.15, 0.2) is 23.0 Å². The van der Waals surface area contributed by atoms with Gasteiger partial charge >= 0.3 is 0 Å². The second kappa shape index (κ2) is 13.0. The van der Waals surface area contributed by atoms with Crippen LogP contribution < -0.4 is 18.9 Å². The number of rotatable bonds is 10. The first-order valence-corrected chi connectivity index (χ1v) is 12.5. The molecule has 1 aliphatic heterocycles. The lowest BCUT2D eigenvalue weighted by molar-refractivity contribution is 0.284. The summed E-state index contributed by atoms with van der Waals surface area (Å²) in [6, 6.07) is 30.5. The summed E-state index contributed by atoms with van der Waals surface area (Å²) in [6.07, 6.45) is 1.56. The molecule has 0 fully saturated rings. The van der Waals surface area contributed by atoms with E-state index in [0.29, 0.717) is 25.4 Å². The molecule has 4 aromatic rings. The summed E-state index contributed by atoms with van der Waals surface area (Å²) in [7, 11) is 3.35. The normalized spacial score (nSPS) is 12.0. The first-order chi connectivity index (χ1) is 18.2. The van der Waals surface area contributed by atoms with Gasteiger partial charge in [-0.2, -0.15) is 0 Å². The lowest BCUT2D eigenvalue weighted by Crippen LogP contribution is -2.16. The zero-order valence-electron chi connectivity index (χ0n) is 21.7. The molecule has 0 aliphatic carbocycles. The number of ether oxygens (including phenoxy) is 4. The fraction of sp³-hybridized carbons (Fsp3) is 0.219. The Morgan fingerprint density at radius 3 is 1.84 bits per heavy atom. The van der Waals surface area contributed by atoms with E-state index in [4.69, 9.17) is 23.9 Å². The fourth-order valence-corrected chi connectivity index (χ4v) is 4.51. The van der Waals surface area contributed by atoms with Gasteiger partial charge in [-0.15, -0.1) is 12.4 Å². The summed E-state index contributed by atoms with van der Waals surface area (Å²) >= 11 is 0. The average molecular weight is 530 g/mol. The molecule has 5 nitrogen and oxygen atoms in total. The molecule has 1 aliphatic rings. The van der Waals surface area contributed by atoms with Gasteiger partial charge in [0.1, 0.15) is 13.2 Å². The summed E-state index contributed by atoms with van der Waals surface area (Å²) in [5, 5.41) is 0. The Kier molecular flexibility index (Phi) is 9.28. The molecule has 38 heavy (non-hydrogen) atoms. The Morgan fingerprint density at radius 2 is 1.24 bits per heavy atom. The second-order valence-electron chi connectivity index (χ2n) is 8.95. The van der Waals surface area contributed by atoms with Crippen molar-refractivity contribution in [3.8, 4) is 23.0 Å². The minimum absolute atomic E-state index is 0. The average Bonchev–Trinajstić information content (AvgIpc) is 2.96. The Bertz CT molecular complexity index is 1370. The molecule has 0 amide bonds. The molecule has 0 radical (unpaired) electrons. The van der Waals surface area contributed by atoms with Gasteiger partial charge in [0, 0.05) is 24.2 Å². The summed E-state index contributed by atoms with van der Waals surface area (Å²) in [5.41, 5.74) is 6.70. The summed E-state index contributed by atoms with van der Waals surface area (Å²) < 4.78 is 23.5. The Hall–Kier alpha value is -3.96. The number of nitrogens with zero attached hydrogens (tertiary/aromatic N) is 1. The highest BCUT2D eigenvalue weighted by atomic mass is 35.5. The van der Waals surface area contributed by atoms with E-state index in [0.717, 1.165) is 58.2 Å². The van der Waals surface area contributed by atoms with E-state index in [1.807, 2.05) is 42.5 Å². The van der Waals surface area contributed by atoms with Gasteiger partial charge in [-0.1, -0.05) is 66.7 Å². The molecule has 5 rings (SSSR count). The summed E-state index contributed by atoms with van der Waals surface area (Å²) in [6.45, 7) is 1.71. The van der Waals surface area contributed by atoms with E-state index in [2.05, 4.69) is 48.5 Å². The van der Waals surface area contributed by atoms with Gasteiger partial charge in [-0.25, -0.2) is 0 Å². The Morgan fingerprint density at radius 1 is 0.632 bits per heavy atom. The van der Waals surface area contributed by atoms with Crippen LogP contribution in [0, 0.1) is 0 Å². The SMILES string of the molecule is COc1ccc(CC2=NCCc3cc(OC)c(OCc4ccccc4)cc32)cc1OCc1ccccc1.Cl. The van der Waals surface area contributed by atoms with Crippen LogP contribution in [-0.4, -0.2) is 26.5 Å². The standard InChI is InChI=1S/C32H31NO4.ClH/c1-34-29-14-13-25(18-31(29)36-21-23-9-5-3-6-10-23)17-28-27-20-32(37-22-24-11-7-4-8-12-24)30(35-2)19-26(27)15-16-33-28;/h3-14,18-20H,15-17,21-22H2,1-2H3;1H. The van der Waals surface area contributed by atoms with Crippen molar-refractivity contribution in [3.05, 3.63) is 119 Å². The zero-order chi connectivity index (χ0) is 25.5. The van der Waals surface area contributed by atoms with Gasteiger partial charge in [0.05, 0.1) is 14.2 Å². The molecular formula is C32H32ClNO4. The molecule has 6 heteroatoms.